The van der Waals surface area contributed by atoms with Crippen LogP contribution < -0.4 is 14.2 Å². The van der Waals surface area contributed by atoms with E-state index >= 15 is 0 Å². The Labute approximate surface area is 212 Å². The van der Waals surface area contributed by atoms with E-state index in [9.17, 15) is 14.3 Å². The zero-order chi connectivity index (χ0) is 25.4. The van der Waals surface area contributed by atoms with Crippen molar-refractivity contribution in [1.29, 1.82) is 0 Å². The molecule has 0 aromatic heterocycles. The van der Waals surface area contributed by atoms with Crippen LogP contribution in [0.25, 0.3) is 0 Å². The normalized spacial score (nSPS) is 20.9. The fourth-order valence-electron chi connectivity index (χ4n) is 4.88. The molecular weight excluding hydrogens is 463 g/mol. The third kappa shape index (κ3) is 7.11. The number of halogens is 1. The topological polar surface area (TPSA) is 71.5 Å². The van der Waals surface area contributed by atoms with E-state index in [4.69, 9.17) is 14.2 Å². The number of benzene rings is 2. The van der Waals surface area contributed by atoms with E-state index in [-0.39, 0.29) is 18.3 Å². The van der Waals surface area contributed by atoms with E-state index in [1.807, 2.05) is 23.1 Å². The minimum Gasteiger partial charge on any atom is -0.493 e. The van der Waals surface area contributed by atoms with E-state index in [1.165, 1.54) is 6.07 Å². The molecule has 0 unspecified atom stereocenters. The van der Waals surface area contributed by atoms with Crippen LogP contribution in [0.4, 0.5) is 4.39 Å². The molecule has 1 atom stereocenters. The van der Waals surface area contributed by atoms with Gasteiger partial charge in [-0.05, 0) is 68.5 Å². The predicted molar refractivity (Wildman–Crippen MR) is 135 cm³/mol. The van der Waals surface area contributed by atoms with Crippen LogP contribution in [0, 0.1) is 5.82 Å². The molecule has 1 N–H and O–H groups in total. The summed E-state index contributed by atoms with van der Waals surface area (Å²) in [5.41, 5.74) is 0.126. The maximum Gasteiger partial charge on any atom is 0.222 e. The largest absolute Gasteiger partial charge is 0.493 e. The Kier molecular flexibility index (Phi) is 9.04. The van der Waals surface area contributed by atoms with Crippen molar-refractivity contribution in [2.24, 2.45) is 0 Å². The number of ether oxygens (including phenoxy) is 3. The van der Waals surface area contributed by atoms with Crippen molar-refractivity contribution in [3.8, 4) is 17.2 Å². The van der Waals surface area contributed by atoms with Crippen molar-refractivity contribution >= 4 is 5.91 Å². The minimum atomic E-state index is -0.980. The molecule has 36 heavy (non-hydrogen) atoms. The van der Waals surface area contributed by atoms with Crippen LogP contribution in [-0.2, 0) is 11.3 Å². The lowest BCUT2D eigenvalue weighted by Gasteiger charge is -2.27. The molecule has 0 spiro atoms. The Morgan fingerprint density at radius 3 is 2.64 bits per heavy atom. The summed E-state index contributed by atoms with van der Waals surface area (Å²) in [7, 11) is 1.64. The molecular formula is C28H37FN2O5. The highest BCUT2D eigenvalue weighted by Gasteiger charge is 2.31. The highest BCUT2D eigenvalue weighted by atomic mass is 19.1. The van der Waals surface area contributed by atoms with Gasteiger partial charge in [-0.1, -0.05) is 18.2 Å². The van der Waals surface area contributed by atoms with E-state index in [1.54, 1.807) is 25.3 Å². The third-order valence-electron chi connectivity index (χ3n) is 6.98. The molecule has 1 amide bonds. The smallest absolute Gasteiger partial charge is 0.222 e. The van der Waals surface area contributed by atoms with Gasteiger partial charge in [-0.25, -0.2) is 4.39 Å². The number of para-hydroxylation sites is 1. The van der Waals surface area contributed by atoms with E-state index in [0.717, 1.165) is 51.0 Å². The van der Waals surface area contributed by atoms with Gasteiger partial charge in [0.15, 0.2) is 23.1 Å². The molecule has 0 radical (unpaired) electrons. The van der Waals surface area contributed by atoms with E-state index in [2.05, 4.69) is 4.90 Å². The van der Waals surface area contributed by atoms with Gasteiger partial charge in [0, 0.05) is 32.6 Å². The minimum absolute atomic E-state index is 0.0769. The lowest BCUT2D eigenvalue weighted by molar-refractivity contribution is -0.127. The Morgan fingerprint density at radius 1 is 1.00 bits per heavy atom. The molecule has 0 bridgehead atoms. The van der Waals surface area contributed by atoms with Crippen molar-refractivity contribution in [3.05, 3.63) is 53.8 Å². The first-order valence-electron chi connectivity index (χ1n) is 12.9. The van der Waals surface area contributed by atoms with Gasteiger partial charge in [-0.3, -0.25) is 9.69 Å². The quantitative estimate of drug-likeness (QED) is 0.470. The van der Waals surface area contributed by atoms with Crippen LogP contribution in [0.5, 0.6) is 17.2 Å². The third-order valence-corrected chi connectivity index (χ3v) is 6.98. The number of hydrogen-bond acceptors (Lipinski definition) is 6. The molecule has 2 fully saturated rings. The number of amides is 1. The second-order valence-electron chi connectivity index (χ2n) is 9.74. The zero-order valence-corrected chi connectivity index (χ0v) is 21.1. The van der Waals surface area contributed by atoms with Gasteiger partial charge >= 0.3 is 0 Å². The van der Waals surface area contributed by atoms with Crippen molar-refractivity contribution in [1.82, 2.24) is 9.80 Å². The predicted octanol–water partition coefficient (Wildman–Crippen LogP) is 4.02. The summed E-state index contributed by atoms with van der Waals surface area (Å²) in [4.78, 5) is 15.9. The van der Waals surface area contributed by atoms with Crippen LogP contribution in [-0.4, -0.2) is 72.9 Å². The molecule has 2 heterocycles. The van der Waals surface area contributed by atoms with Crippen LogP contribution in [0.15, 0.2) is 42.5 Å². The number of carbonyl (C=O) groups is 1. The zero-order valence-electron chi connectivity index (χ0n) is 21.1. The number of aliphatic hydroxyl groups is 1. The molecule has 2 aliphatic heterocycles. The molecule has 2 saturated heterocycles. The Bertz CT molecular complexity index is 1020. The van der Waals surface area contributed by atoms with Gasteiger partial charge in [-0.15, -0.1) is 0 Å². The van der Waals surface area contributed by atoms with Crippen LogP contribution in [0.3, 0.4) is 0 Å². The van der Waals surface area contributed by atoms with Gasteiger partial charge in [0.2, 0.25) is 5.91 Å². The van der Waals surface area contributed by atoms with Gasteiger partial charge in [0.05, 0.1) is 19.3 Å². The average molecular weight is 501 g/mol. The maximum absolute atomic E-state index is 13.9. The Morgan fingerprint density at radius 2 is 1.86 bits per heavy atom. The molecule has 0 saturated carbocycles. The highest BCUT2D eigenvalue weighted by Crippen LogP contribution is 2.30. The fourth-order valence-corrected chi connectivity index (χ4v) is 4.88. The second-order valence-corrected chi connectivity index (χ2v) is 9.74. The summed E-state index contributed by atoms with van der Waals surface area (Å²) in [6, 6.07) is 12.3. The van der Waals surface area contributed by atoms with Crippen molar-refractivity contribution < 1.29 is 28.5 Å². The summed E-state index contributed by atoms with van der Waals surface area (Å²) in [5.74, 6) is 1.38. The van der Waals surface area contributed by atoms with Gasteiger partial charge in [-0.2, -0.15) is 0 Å². The van der Waals surface area contributed by atoms with E-state index < -0.39 is 11.4 Å². The molecule has 7 nitrogen and oxygen atoms in total. The molecule has 8 heteroatoms. The first kappa shape index (κ1) is 26.2. The van der Waals surface area contributed by atoms with Gasteiger partial charge in [0.1, 0.15) is 6.61 Å². The summed E-state index contributed by atoms with van der Waals surface area (Å²) in [6.45, 7) is 4.49. The first-order valence-corrected chi connectivity index (χ1v) is 12.9. The maximum atomic E-state index is 13.9. The Balaban J connectivity index is 1.25. The number of rotatable bonds is 11. The number of nitrogens with zero attached hydrogens (tertiary/aromatic N) is 2. The lowest BCUT2D eigenvalue weighted by Crippen LogP contribution is -2.37. The molecule has 4 rings (SSSR count). The van der Waals surface area contributed by atoms with Gasteiger partial charge < -0.3 is 24.2 Å². The number of methoxy groups -OCH3 is 1. The Hall–Kier alpha value is -2.84. The monoisotopic (exact) mass is 500 g/mol. The number of hydrogen-bond donors (Lipinski definition) is 1. The van der Waals surface area contributed by atoms with Crippen molar-refractivity contribution in [2.75, 3.05) is 46.5 Å². The standard InChI is InChI=1S/C28H37FN2O5/c1-34-26-19-22(10-11-25(26)35-18-6-16-31-15-4-9-27(31)32)20-30-14-5-12-28(33,13-17-30)21-36-24-8-3-2-7-23(24)29/h2-3,7-8,10-11,19,33H,4-6,9,12-18,20-21H2,1H3/t28-/m0/s1. The number of carbonyl (C=O) groups excluding carboxylic acids is 1. The van der Waals surface area contributed by atoms with Crippen molar-refractivity contribution in [2.45, 2.75) is 50.7 Å². The molecule has 0 aliphatic carbocycles. The molecule has 196 valence electrons. The van der Waals surface area contributed by atoms with Crippen LogP contribution in [0.1, 0.15) is 44.1 Å². The summed E-state index contributed by atoms with van der Waals surface area (Å²) in [5, 5.41) is 11.1. The lowest BCUT2D eigenvalue weighted by atomic mass is 9.96. The van der Waals surface area contributed by atoms with Crippen molar-refractivity contribution in [3.63, 3.8) is 0 Å². The molecule has 2 aromatic rings. The van der Waals surface area contributed by atoms with E-state index in [0.29, 0.717) is 43.9 Å². The highest BCUT2D eigenvalue weighted by molar-refractivity contribution is 5.77. The average Bonchev–Trinajstić information content (AvgIpc) is 3.20. The first-order chi connectivity index (χ1) is 17.5. The summed E-state index contributed by atoms with van der Waals surface area (Å²) in [6.07, 6.45) is 4.39. The van der Waals surface area contributed by atoms with Crippen LogP contribution in [0.2, 0.25) is 0 Å². The van der Waals surface area contributed by atoms with Crippen LogP contribution >= 0.6 is 0 Å². The molecule has 2 aromatic carbocycles. The molecule has 2 aliphatic rings. The van der Waals surface area contributed by atoms with Gasteiger partial charge in [0.25, 0.3) is 0 Å². The summed E-state index contributed by atoms with van der Waals surface area (Å²) >= 11 is 0. The number of likely N-dealkylation sites (tertiary alicyclic amines) is 2. The summed E-state index contributed by atoms with van der Waals surface area (Å²) < 4.78 is 31.0. The SMILES string of the molecule is COc1cc(CN2CCC[C@@](O)(COc3ccccc3F)CC2)ccc1OCCCN1CCCC1=O. The fraction of sp³-hybridized carbons (Fsp3) is 0.536. The second kappa shape index (κ2) is 12.4.